The highest BCUT2D eigenvalue weighted by Gasteiger charge is 2.12. The first-order valence-electron chi connectivity index (χ1n) is 6.19. The molecule has 20 heavy (non-hydrogen) atoms. The van der Waals surface area contributed by atoms with Gasteiger partial charge in [0.05, 0.1) is 24.1 Å². The third-order valence-electron chi connectivity index (χ3n) is 2.97. The molecule has 7 nitrogen and oxygen atoms in total. The first-order valence-corrected chi connectivity index (χ1v) is 6.57. The third kappa shape index (κ3) is 2.62. The lowest BCUT2D eigenvalue weighted by Crippen LogP contribution is -2.25. The number of nitrogen functional groups attached to an aromatic ring is 1. The first kappa shape index (κ1) is 14.4. The van der Waals surface area contributed by atoms with Crippen molar-refractivity contribution in [3.63, 3.8) is 0 Å². The zero-order chi connectivity index (χ0) is 14.9. The number of nitrogens with zero attached hydrogens (tertiary/aromatic N) is 4. The molecule has 0 fully saturated rings. The van der Waals surface area contributed by atoms with E-state index in [1.807, 2.05) is 13.8 Å². The minimum atomic E-state index is -0.314. The molecule has 0 saturated heterocycles. The van der Waals surface area contributed by atoms with Gasteiger partial charge in [-0.2, -0.15) is 10.2 Å². The van der Waals surface area contributed by atoms with E-state index < -0.39 is 0 Å². The Morgan fingerprint density at radius 2 is 2.10 bits per heavy atom. The van der Waals surface area contributed by atoms with E-state index in [0.29, 0.717) is 18.1 Å². The highest BCUT2D eigenvalue weighted by Crippen LogP contribution is 2.18. The van der Waals surface area contributed by atoms with Crippen molar-refractivity contribution in [1.29, 1.82) is 0 Å². The van der Waals surface area contributed by atoms with Gasteiger partial charge in [0.1, 0.15) is 10.8 Å². The maximum Gasteiger partial charge on any atom is 0.287 e. The number of rotatable bonds is 4. The molecule has 0 radical (unpaired) electrons. The molecule has 2 aromatic heterocycles. The number of aromatic nitrogens is 4. The first-order chi connectivity index (χ1) is 9.41. The minimum absolute atomic E-state index is 0.0389. The van der Waals surface area contributed by atoms with Crippen LogP contribution < -0.4 is 16.6 Å². The summed E-state index contributed by atoms with van der Waals surface area (Å²) in [6, 6.07) is -0.0389. The second-order valence-corrected chi connectivity index (χ2v) is 5.13. The van der Waals surface area contributed by atoms with Crippen LogP contribution in [0.4, 0.5) is 11.5 Å². The van der Waals surface area contributed by atoms with Crippen molar-refractivity contribution in [3.05, 3.63) is 33.3 Å². The predicted octanol–water partition coefficient (Wildman–Crippen LogP) is 1.41. The SMILES string of the molecule is CC(C)n1ncc(NCc2cnn(C)c2N)c(Cl)c1=O. The summed E-state index contributed by atoms with van der Waals surface area (Å²) >= 11 is 6.07. The smallest absolute Gasteiger partial charge is 0.287 e. The summed E-state index contributed by atoms with van der Waals surface area (Å²) in [5.74, 6) is 0.567. The maximum atomic E-state index is 12.0. The molecule has 2 rings (SSSR count). The Balaban J connectivity index is 2.21. The Hall–Kier alpha value is -2.02. The zero-order valence-corrected chi connectivity index (χ0v) is 12.3. The van der Waals surface area contributed by atoms with E-state index in [9.17, 15) is 4.79 Å². The van der Waals surface area contributed by atoms with Crippen molar-refractivity contribution in [2.75, 3.05) is 11.1 Å². The molecule has 0 aliphatic rings. The van der Waals surface area contributed by atoms with Crippen LogP contribution in [0.5, 0.6) is 0 Å². The summed E-state index contributed by atoms with van der Waals surface area (Å²) in [4.78, 5) is 12.0. The van der Waals surface area contributed by atoms with Crippen LogP contribution in [0.2, 0.25) is 5.02 Å². The summed E-state index contributed by atoms with van der Waals surface area (Å²) in [5.41, 5.74) is 6.84. The summed E-state index contributed by atoms with van der Waals surface area (Å²) in [7, 11) is 1.76. The second-order valence-electron chi connectivity index (χ2n) is 4.75. The molecule has 2 aromatic rings. The molecule has 0 bridgehead atoms. The van der Waals surface area contributed by atoms with Crippen LogP contribution in [0.25, 0.3) is 0 Å². The molecular formula is C12H17ClN6O. The molecule has 0 spiro atoms. The zero-order valence-electron chi connectivity index (χ0n) is 11.6. The average molecular weight is 297 g/mol. The Kier molecular flexibility index (Phi) is 3.99. The van der Waals surface area contributed by atoms with Crippen molar-refractivity contribution in [2.45, 2.75) is 26.4 Å². The molecule has 0 aliphatic heterocycles. The quantitative estimate of drug-likeness (QED) is 0.890. The predicted molar refractivity (Wildman–Crippen MR) is 78.8 cm³/mol. The summed E-state index contributed by atoms with van der Waals surface area (Å²) < 4.78 is 2.92. The lowest BCUT2D eigenvalue weighted by Gasteiger charge is -2.12. The molecule has 0 aliphatic carbocycles. The van der Waals surface area contributed by atoms with Crippen LogP contribution in [-0.4, -0.2) is 19.6 Å². The van der Waals surface area contributed by atoms with E-state index in [1.165, 1.54) is 10.9 Å². The van der Waals surface area contributed by atoms with E-state index in [0.717, 1.165) is 5.56 Å². The number of nitrogens with two attached hydrogens (primary N) is 1. The van der Waals surface area contributed by atoms with Gasteiger partial charge < -0.3 is 11.1 Å². The van der Waals surface area contributed by atoms with E-state index in [-0.39, 0.29) is 16.6 Å². The normalized spacial score (nSPS) is 11.1. The van der Waals surface area contributed by atoms with Gasteiger partial charge in [-0.15, -0.1) is 0 Å². The van der Waals surface area contributed by atoms with Crippen LogP contribution in [0, 0.1) is 0 Å². The minimum Gasteiger partial charge on any atom is -0.384 e. The molecule has 108 valence electrons. The monoisotopic (exact) mass is 296 g/mol. The molecule has 0 amide bonds. The highest BCUT2D eigenvalue weighted by atomic mass is 35.5. The molecule has 0 aromatic carbocycles. The molecule has 2 heterocycles. The average Bonchev–Trinajstić information content (AvgIpc) is 2.71. The van der Waals surface area contributed by atoms with Crippen molar-refractivity contribution in [3.8, 4) is 0 Å². The Morgan fingerprint density at radius 1 is 1.40 bits per heavy atom. The van der Waals surface area contributed by atoms with E-state index in [1.54, 1.807) is 17.9 Å². The van der Waals surface area contributed by atoms with Gasteiger partial charge in [-0.25, -0.2) is 4.68 Å². The van der Waals surface area contributed by atoms with Gasteiger partial charge in [-0.3, -0.25) is 9.48 Å². The van der Waals surface area contributed by atoms with E-state index in [2.05, 4.69) is 15.5 Å². The number of aryl methyl sites for hydroxylation is 1. The fourth-order valence-electron chi connectivity index (χ4n) is 1.76. The molecule has 8 heteroatoms. The van der Waals surface area contributed by atoms with E-state index >= 15 is 0 Å². The van der Waals surface area contributed by atoms with Gasteiger partial charge in [0.2, 0.25) is 0 Å². The van der Waals surface area contributed by atoms with Gasteiger partial charge in [0.15, 0.2) is 0 Å². The molecule has 3 N–H and O–H groups in total. The van der Waals surface area contributed by atoms with Gasteiger partial charge in [-0.1, -0.05) is 11.6 Å². The summed E-state index contributed by atoms with van der Waals surface area (Å²) in [5, 5.41) is 11.3. The van der Waals surface area contributed by atoms with Gasteiger partial charge in [-0.05, 0) is 13.8 Å². The van der Waals surface area contributed by atoms with Gasteiger partial charge in [0, 0.05) is 19.2 Å². The van der Waals surface area contributed by atoms with Crippen LogP contribution in [-0.2, 0) is 13.6 Å². The largest absolute Gasteiger partial charge is 0.384 e. The molecular weight excluding hydrogens is 280 g/mol. The Morgan fingerprint density at radius 3 is 2.65 bits per heavy atom. The van der Waals surface area contributed by atoms with Crippen molar-refractivity contribution >= 4 is 23.1 Å². The van der Waals surface area contributed by atoms with Gasteiger partial charge >= 0.3 is 0 Å². The lowest BCUT2D eigenvalue weighted by molar-refractivity contribution is 0.503. The van der Waals surface area contributed by atoms with Crippen LogP contribution in [0.15, 0.2) is 17.2 Å². The summed E-state index contributed by atoms with van der Waals surface area (Å²) in [6.07, 6.45) is 3.20. The molecule has 0 unspecified atom stereocenters. The lowest BCUT2D eigenvalue weighted by atomic mass is 10.3. The fourth-order valence-corrected chi connectivity index (χ4v) is 1.96. The van der Waals surface area contributed by atoms with Crippen LogP contribution in [0.1, 0.15) is 25.5 Å². The maximum absolute atomic E-state index is 12.0. The van der Waals surface area contributed by atoms with Crippen LogP contribution in [0.3, 0.4) is 0 Å². The number of anilines is 2. The number of hydrogen-bond acceptors (Lipinski definition) is 5. The van der Waals surface area contributed by atoms with Crippen molar-refractivity contribution < 1.29 is 0 Å². The standard InChI is InChI=1S/C12H17ClN6O/c1-7(2)19-12(20)10(13)9(6-17-19)15-4-8-5-16-18(3)11(8)14/h5-7,15H,4,14H2,1-3H3. The number of halogens is 1. The molecule has 0 atom stereocenters. The van der Waals surface area contributed by atoms with Gasteiger partial charge in [0.25, 0.3) is 5.56 Å². The highest BCUT2D eigenvalue weighted by molar-refractivity contribution is 6.32. The second kappa shape index (κ2) is 5.54. The number of nitrogens with one attached hydrogen (secondary N) is 1. The third-order valence-corrected chi connectivity index (χ3v) is 3.33. The fraction of sp³-hybridized carbons (Fsp3) is 0.417. The van der Waals surface area contributed by atoms with Crippen LogP contribution >= 0.6 is 11.6 Å². The van der Waals surface area contributed by atoms with Crippen molar-refractivity contribution in [1.82, 2.24) is 19.6 Å². The van der Waals surface area contributed by atoms with E-state index in [4.69, 9.17) is 17.3 Å². The Bertz CT molecular complexity index is 675. The summed E-state index contributed by atoms with van der Waals surface area (Å²) in [6.45, 7) is 4.16. The topological polar surface area (TPSA) is 90.8 Å². The number of hydrogen-bond donors (Lipinski definition) is 2. The van der Waals surface area contributed by atoms with Crippen molar-refractivity contribution in [2.24, 2.45) is 7.05 Å². The molecule has 0 saturated carbocycles. The Labute approximate surface area is 121 Å².